The summed E-state index contributed by atoms with van der Waals surface area (Å²) in [5.41, 5.74) is 3.82. The van der Waals surface area contributed by atoms with Crippen molar-refractivity contribution >= 4 is 35.3 Å². The lowest BCUT2D eigenvalue weighted by molar-refractivity contribution is -0.143. The molecular weight excluding hydrogens is 937 g/mol. The lowest BCUT2D eigenvalue weighted by Gasteiger charge is -2.37. The number of rotatable bonds is 22. The molecule has 0 radical (unpaired) electrons. The summed E-state index contributed by atoms with van der Waals surface area (Å²) in [6.07, 6.45) is 5.20. The summed E-state index contributed by atoms with van der Waals surface area (Å²) in [5, 5.41) is 6.12. The van der Waals surface area contributed by atoms with Crippen LogP contribution < -0.4 is 10.6 Å². The van der Waals surface area contributed by atoms with Crippen molar-refractivity contribution in [3.63, 3.8) is 0 Å². The molecule has 12 heteroatoms. The quantitative estimate of drug-likeness (QED) is 0.0799. The second-order valence-electron chi connectivity index (χ2n) is 23.0. The fourth-order valence-corrected chi connectivity index (χ4v) is 10.3. The van der Waals surface area contributed by atoms with E-state index >= 15 is 0 Å². The maximum absolute atomic E-state index is 14.9. The van der Waals surface area contributed by atoms with Crippen LogP contribution in [0.4, 0.5) is 0 Å². The summed E-state index contributed by atoms with van der Waals surface area (Å²) in [5.74, 6) is -1.29. The van der Waals surface area contributed by atoms with Gasteiger partial charge in [-0.1, -0.05) is 148 Å². The number of nitrogens with one attached hydrogen (secondary N) is 2. The van der Waals surface area contributed by atoms with Crippen LogP contribution in [0.2, 0.25) is 0 Å². The molecule has 2 heterocycles. The van der Waals surface area contributed by atoms with Crippen LogP contribution >= 0.6 is 0 Å². The van der Waals surface area contributed by atoms with Crippen molar-refractivity contribution in [3.8, 4) is 11.1 Å². The minimum absolute atomic E-state index is 0. The molecule has 0 unspecified atom stereocenters. The topological polar surface area (TPSA) is 139 Å². The first-order chi connectivity index (χ1) is 35.2. The van der Waals surface area contributed by atoms with Gasteiger partial charge in [0.05, 0.1) is 6.04 Å². The molecule has 0 spiro atoms. The van der Waals surface area contributed by atoms with Crippen LogP contribution in [0.1, 0.15) is 140 Å². The molecule has 4 aromatic carbocycles. The fraction of sp³-hybridized carbons (Fsp3) is 0.524. The van der Waals surface area contributed by atoms with Gasteiger partial charge in [-0.15, -0.1) is 0 Å². The van der Waals surface area contributed by atoms with E-state index in [1.54, 1.807) is 7.05 Å². The molecule has 2 aliphatic rings. The molecular formula is C63H88N6O6. The number of amides is 5. The predicted octanol–water partition coefficient (Wildman–Crippen LogP) is 10.1. The summed E-state index contributed by atoms with van der Waals surface area (Å²) < 4.78 is 0. The maximum Gasteiger partial charge on any atom is 0.253 e. The zero-order chi connectivity index (χ0) is 53.7. The third-order valence-corrected chi connectivity index (χ3v) is 15.5. The van der Waals surface area contributed by atoms with Crippen molar-refractivity contribution in [1.82, 2.24) is 30.2 Å². The zero-order valence-electron chi connectivity index (χ0n) is 46.0. The van der Waals surface area contributed by atoms with E-state index in [4.69, 9.17) is 0 Å². The molecule has 2 N–H and O–H groups in total. The standard InChI is InChI=1S/C62H84N6O6.CH4/c1-11-43(2)56(70)64-55(62(7,8)9)60(74)68-35-21-31-52(68)42-66(37-33-46-24-16-13-17-25-46)58(72)50-29-19-27-48(39-50)47-26-18-28-49(38-47)57(71)65(36-32-45-22-14-12-15-23-45)41-51-30-20-34-67(51)59(73)53(61(4,5)6)40-54(69)44(3)63-10;/h12-19,22-29,38-39,43-44,51-53,55,63H,11,20-21,30-37,40-42H2,1-10H3,(H,64,70);1H4/t43-,44+,51+,52+,53-,55-;/m1./s1. The van der Waals surface area contributed by atoms with Crippen molar-refractivity contribution < 1.29 is 28.8 Å². The Balaban J connectivity index is 0.0000104. The number of hydrogen-bond donors (Lipinski definition) is 2. The Morgan fingerprint density at radius 2 is 1.08 bits per heavy atom. The van der Waals surface area contributed by atoms with E-state index in [0.29, 0.717) is 69.7 Å². The van der Waals surface area contributed by atoms with Crippen LogP contribution in [0, 0.1) is 22.7 Å². The molecule has 6 atom stereocenters. The third-order valence-electron chi connectivity index (χ3n) is 15.5. The number of likely N-dealkylation sites (tertiary alicyclic amines) is 2. The van der Waals surface area contributed by atoms with Crippen LogP contribution in [0.5, 0.6) is 0 Å². The van der Waals surface area contributed by atoms with Crippen LogP contribution in [-0.2, 0) is 32.0 Å². The Morgan fingerprint density at radius 3 is 1.49 bits per heavy atom. The van der Waals surface area contributed by atoms with Gasteiger partial charge in [0.15, 0.2) is 0 Å². The van der Waals surface area contributed by atoms with Crippen LogP contribution in [0.15, 0.2) is 109 Å². The Kier molecular flexibility index (Phi) is 21.6. The van der Waals surface area contributed by atoms with Gasteiger partial charge in [-0.3, -0.25) is 28.8 Å². The Morgan fingerprint density at radius 1 is 0.627 bits per heavy atom. The van der Waals surface area contributed by atoms with Gasteiger partial charge in [0, 0.05) is 80.7 Å². The lowest BCUT2D eigenvalue weighted by atomic mass is 9.76. The summed E-state index contributed by atoms with van der Waals surface area (Å²) >= 11 is 0. The fourth-order valence-electron chi connectivity index (χ4n) is 10.3. The highest BCUT2D eigenvalue weighted by Gasteiger charge is 2.43. The van der Waals surface area contributed by atoms with Crippen molar-refractivity contribution in [2.24, 2.45) is 22.7 Å². The van der Waals surface area contributed by atoms with Crippen molar-refractivity contribution in [2.75, 3.05) is 46.3 Å². The molecule has 4 aromatic rings. The molecule has 75 heavy (non-hydrogen) atoms. The van der Waals surface area contributed by atoms with Gasteiger partial charge in [0.1, 0.15) is 11.8 Å². The minimum Gasteiger partial charge on any atom is -0.344 e. The van der Waals surface area contributed by atoms with Crippen molar-refractivity contribution in [1.29, 1.82) is 0 Å². The summed E-state index contributed by atoms with van der Waals surface area (Å²) in [4.78, 5) is 92.8. The third kappa shape index (κ3) is 15.9. The van der Waals surface area contributed by atoms with Gasteiger partial charge in [-0.25, -0.2) is 0 Å². The molecule has 2 aliphatic heterocycles. The predicted molar refractivity (Wildman–Crippen MR) is 302 cm³/mol. The lowest BCUT2D eigenvalue weighted by Crippen LogP contribution is -2.57. The number of ketones is 1. The zero-order valence-corrected chi connectivity index (χ0v) is 46.0. The smallest absolute Gasteiger partial charge is 0.253 e. The van der Waals surface area contributed by atoms with Gasteiger partial charge < -0.3 is 30.2 Å². The first-order valence-electron chi connectivity index (χ1n) is 27.2. The van der Waals surface area contributed by atoms with E-state index in [9.17, 15) is 28.8 Å². The van der Waals surface area contributed by atoms with Gasteiger partial charge in [0.2, 0.25) is 17.7 Å². The Hall–Kier alpha value is -6.14. The molecule has 0 bridgehead atoms. The minimum atomic E-state index is -0.712. The summed E-state index contributed by atoms with van der Waals surface area (Å²) in [7, 11) is 1.75. The summed E-state index contributed by atoms with van der Waals surface area (Å²) in [6.45, 7) is 20.4. The number of benzene rings is 4. The highest BCUT2D eigenvalue weighted by molar-refractivity contribution is 5.98. The monoisotopic (exact) mass is 1020 g/mol. The van der Waals surface area contributed by atoms with Gasteiger partial charge >= 0.3 is 0 Å². The molecule has 2 fully saturated rings. The molecule has 12 nitrogen and oxygen atoms in total. The summed E-state index contributed by atoms with van der Waals surface area (Å²) in [6, 6.07) is 33.8. The normalized spacial score (nSPS) is 17.3. The first-order valence-corrected chi connectivity index (χ1v) is 27.2. The van der Waals surface area contributed by atoms with Gasteiger partial charge in [-0.2, -0.15) is 0 Å². The molecule has 5 amide bonds. The number of carbonyl (C=O) groups excluding carboxylic acids is 6. The average molecular weight is 1030 g/mol. The van der Waals surface area contributed by atoms with E-state index in [-0.39, 0.29) is 73.2 Å². The van der Waals surface area contributed by atoms with E-state index < -0.39 is 22.8 Å². The van der Waals surface area contributed by atoms with E-state index in [2.05, 4.69) is 34.9 Å². The van der Waals surface area contributed by atoms with Crippen LogP contribution in [0.3, 0.4) is 0 Å². The van der Waals surface area contributed by atoms with E-state index in [0.717, 1.165) is 47.9 Å². The SMILES string of the molecule is C.CC[C@@H](C)C(=O)N[C@H](C(=O)N1CCC[C@H]1CN(CCc1ccccc1)C(=O)c1cccc(-c2cccc(C(=O)N(CCc3ccccc3)C[C@@H]3CCCN3C(=O)[C@@H](CC(=O)[C@H](C)NC)C(C)(C)C)c2)c1)C(C)(C)C. The molecule has 2 saturated heterocycles. The average Bonchev–Trinajstić information content (AvgIpc) is 4.08. The molecule has 0 aliphatic carbocycles. The molecule has 0 aromatic heterocycles. The van der Waals surface area contributed by atoms with Crippen molar-refractivity contribution in [2.45, 2.75) is 145 Å². The van der Waals surface area contributed by atoms with Crippen LogP contribution in [0.25, 0.3) is 11.1 Å². The second kappa shape index (κ2) is 27.1. The molecule has 406 valence electrons. The van der Waals surface area contributed by atoms with Gasteiger partial charge in [0.25, 0.3) is 11.8 Å². The van der Waals surface area contributed by atoms with Gasteiger partial charge in [-0.05, 0) is 116 Å². The number of likely N-dealkylation sites (N-methyl/N-ethyl adjacent to an activating group) is 1. The van der Waals surface area contributed by atoms with Crippen molar-refractivity contribution in [3.05, 3.63) is 131 Å². The largest absolute Gasteiger partial charge is 0.344 e. The highest BCUT2D eigenvalue weighted by atomic mass is 16.2. The highest BCUT2D eigenvalue weighted by Crippen LogP contribution is 2.34. The number of Topliss-reactive ketones (excluding diaryl/α,β-unsaturated/α-hetero) is 1. The number of nitrogens with zero attached hydrogens (tertiary/aromatic N) is 4. The maximum atomic E-state index is 14.9. The van der Waals surface area contributed by atoms with Crippen LogP contribution in [-0.4, -0.2) is 125 Å². The number of carbonyl (C=O) groups is 6. The van der Waals surface area contributed by atoms with E-state index in [1.807, 2.05) is 167 Å². The number of hydrogen-bond acceptors (Lipinski definition) is 7. The Labute approximate surface area is 449 Å². The first kappa shape index (κ1) is 59.7. The van der Waals surface area contributed by atoms with E-state index in [1.165, 1.54) is 0 Å². The Bertz CT molecular complexity index is 2360. The molecule has 0 saturated carbocycles. The molecule has 6 rings (SSSR count). The second-order valence-corrected chi connectivity index (χ2v) is 23.0.